The van der Waals surface area contributed by atoms with Crippen molar-refractivity contribution in [2.24, 2.45) is 35.5 Å². The third-order valence-electron chi connectivity index (χ3n) is 19.4. The molecule has 3 aliphatic heterocycles. The van der Waals surface area contributed by atoms with E-state index in [1.165, 1.54) is 57.8 Å². The number of phenols is 3. The van der Waals surface area contributed by atoms with Crippen molar-refractivity contribution in [3.05, 3.63) is 86.5 Å². The van der Waals surface area contributed by atoms with Crippen LogP contribution in [0.3, 0.4) is 0 Å². The Balaban J connectivity index is 0.991. The lowest BCUT2D eigenvalue weighted by Crippen LogP contribution is -2.35. The van der Waals surface area contributed by atoms with Gasteiger partial charge in [-0.2, -0.15) is 0 Å². The third kappa shape index (κ3) is 12.3. The third-order valence-corrected chi connectivity index (χ3v) is 19.4. The van der Waals surface area contributed by atoms with Gasteiger partial charge in [-0.1, -0.05) is 142 Å². The van der Waals surface area contributed by atoms with Crippen LogP contribution in [0.15, 0.2) is 36.4 Å². The molecule has 9 rings (SSSR count). The minimum absolute atomic E-state index is 0.307. The van der Waals surface area contributed by atoms with E-state index in [1.54, 1.807) is 0 Å². The molecule has 3 N–H and O–H groups in total. The van der Waals surface area contributed by atoms with Gasteiger partial charge >= 0.3 is 0 Å². The number of ether oxygens (including phenoxy) is 6. The van der Waals surface area contributed by atoms with Gasteiger partial charge in [-0.05, 0) is 136 Å². The topological polar surface area (TPSA) is 116 Å². The molecule has 0 amide bonds. The molecule has 0 aromatic heterocycles. The Morgan fingerprint density at radius 2 is 0.547 bits per heavy atom. The molecule has 3 aromatic carbocycles. The van der Waals surface area contributed by atoms with Crippen LogP contribution in [-0.4, -0.2) is 55.0 Å². The van der Waals surface area contributed by atoms with Gasteiger partial charge in [0.25, 0.3) is 0 Å². The molecule has 3 aromatic rings. The van der Waals surface area contributed by atoms with Crippen molar-refractivity contribution < 1.29 is 43.7 Å². The highest BCUT2D eigenvalue weighted by atomic mass is 16.7. The average Bonchev–Trinajstić information content (AvgIpc) is 4.04. The predicted molar refractivity (Wildman–Crippen MR) is 299 cm³/mol. The minimum Gasteiger partial charge on any atom is -0.507 e. The Kier molecular flexibility index (Phi) is 16.2. The van der Waals surface area contributed by atoms with Crippen LogP contribution in [-0.2, 0) is 60.9 Å². The zero-order chi connectivity index (χ0) is 54.0. The van der Waals surface area contributed by atoms with Crippen molar-refractivity contribution in [1.29, 1.82) is 0 Å². The van der Waals surface area contributed by atoms with Gasteiger partial charge in [-0.3, -0.25) is 0 Å². The summed E-state index contributed by atoms with van der Waals surface area (Å²) in [6, 6.07) is 12.7. The quantitative estimate of drug-likeness (QED) is 0.129. The summed E-state index contributed by atoms with van der Waals surface area (Å²) in [7, 11) is 0. The van der Waals surface area contributed by atoms with Crippen LogP contribution in [0.2, 0.25) is 0 Å². The highest BCUT2D eigenvalue weighted by Crippen LogP contribution is 2.52. The molecule has 75 heavy (non-hydrogen) atoms. The van der Waals surface area contributed by atoms with Gasteiger partial charge < -0.3 is 43.7 Å². The highest BCUT2D eigenvalue weighted by Gasteiger charge is 2.42. The van der Waals surface area contributed by atoms with E-state index in [-0.39, 0.29) is 10.8 Å². The summed E-state index contributed by atoms with van der Waals surface area (Å²) in [5.74, 6) is 4.35. The van der Waals surface area contributed by atoms with Gasteiger partial charge in [0, 0.05) is 56.7 Å². The molecule has 0 unspecified atom stereocenters. The first-order chi connectivity index (χ1) is 35.1. The normalized spacial score (nSPS) is 26.2. The monoisotopic (exact) mass is 1030 g/mol. The number of benzene rings is 3. The molecule has 3 aliphatic carbocycles. The van der Waals surface area contributed by atoms with Crippen molar-refractivity contribution in [2.45, 2.75) is 232 Å². The number of aromatic hydroxyl groups is 3. The number of rotatable bonds is 16. The van der Waals surface area contributed by atoms with Gasteiger partial charge in [-0.15, -0.1) is 0 Å². The fraction of sp³-hybridized carbons (Fsp3) is 0.727. The Morgan fingerprint density at radius 1 is 0.320 bits per heavy atom. The smallest absolute Gasteiger partial charge is 0.183 e. The van der Waals surface area contributed by atoms with Gasteiger partial charge in [0.05, 0.1) is 39.6 Å². The highest BCUT2D eigenvalue weighted by molar-refractivity contribution is 5.54. The molecule has 3 saturated carbocycles. The standard InChI is InChI=1S/C66H98O9/c1-61(2,3)49-28-43(58-70-34-46(35-71-58)40-18-15-16-19-40)30-51(55(49)67)63(7,8)24-26-65(11,12)53-32-45(60-72-36-47(37-73-60)41-20-17-21-41)33-54(57(53)69)66(13,14)27-25-64(9,10)52-31-44(29-50(56(52)68)62(4,5)6)59-74-38-48(39-75-59)42-22-23-42/h28-33,40-42,46-48,58-60,67-69H,15-27,34-39H2,1-14H3. The molecule has 6 aliphatic rings. The van der Waals surface area contributed by atoms with Crippen LogP contribution in [0.5, 0.6) is 17.2 Å². The molecular weight excluding hydrogens is 937 g/mol. The molecule has 3 heterocycles. The van der Waals surface area contributed by atoms with Crippen molar-refractivity contribution in [2.75, 3.05) is 39.6 Å². The van der Waals surface area contributed by atoms with E-state index in [2.05, 4.69) is 133 Å². The first-order valence-corrected chi connectivity index (χ1v) is 29.5. The van der Waals surface area contributed by atoms with E-state index in [0.717, 1.165) is 75.8 Å². The van der Waals surface area contributed by atoms with Gasteiger partial charge in [0.2, 0.25) is 0 Å². The number of phenolic OH excluding ortho intramolecular Hbond substituents is 3. The molecule has 9 nitrogen and oxygen atoms in total. The van der Waals surface area contributed by atoms with E-state index < -0.39 is 40.5 Å². The molecule has 0 atom stereocenters. The molecule has 416 valence electrons. The maximum absolute atomic E-state index is 12.9. The lowest BCUT2D eigenvalue weighted by atomic mass is 9.68. The zero-order valence-electron chi connectivity index (χ0n) is 48.9. The van der Waals surface area contributed by atoms with Crippen LogP contribution >= 0.6 is 0 Å². The maximum Gasteiger partial charge on any atom is 0.183 e. The number of hydrogen-bond acceptors (Lipinski definition) is 9. The van der Waals surface area contributed by atoms with Gasteiger partial charge in [0.1, 0.15) is 17.2 Å². The molecule has 0 bridgehead atoms. The lowest BCUT2D eigenvalue weighted by Gasteiger charge is -2.40. The fourth-order valence-electron chi connectivity index (χ4n) is 13.2. The second-order valence-electron chi connectivity index (χ2n) is 29.3. The first-order valence-electron chi connectivity index (χ1n) is 29.5. The summed E-state index contributed by atoms with van der Waals surface area (Å²) in [5, 5.41) is 37.2. The van der Waals surface area contributed by atoms with Crippen LogP contribution in [0, 0.1) is 35.5 Å². The Labute approximate surface area is 452 Å². The zero-order valence-corrected chi connectivity index (χ0v) is 48.9. The van der Waals surface area contributed by atoms with Crippen molar-refractivity contribution in [1.82, 2.24) is 0 Å². The van der Waals surface area contributed by atoms with Crippen molar-refractivity contribution >= 4 is 0 Å². The number of hydrogen-bond donors (Lipinski definition) is 3. The molecule has 9 heteroatoms. The molecule has 6 fully saturated rings. The Morgan fingerprint density at radius 3 is 0.773 bits per heavy atom. The van der Waals surface area contributed by atoms with E-state index >= 15 is 0 Å². The maximum atomic E-state index is 12.9. The van der Waals surface area contributed by atoms with Crippen LogP contribution in [0.25, 0.3) is 0 Å². The second-order valence-corrected chi connectivity index (χ2v) is 29.3. The molecule has 3 saturated heterocycles. The Bertz CT molecular complexity index is 2450. The Hall–Kier alpha value is -3.18. The minimum atomic E-state index is -0.536. The summed E-state index contributed by atoms with van der Waals surface area (Å²) >= 11 is 0. The second kappa shape index (κ2) is 21.5. The SMILES string of the molecule is CC(C)(C)c1cc(C2OCC(C3CCCC3)CO2)cc(C(C)(C)CCC(C)(C)c2cc(C3OCC(C4CCC4)CO3)cc(C(C)(C)CCC(C)(C)c3cc(C4OCC(C5CC5)CO4)cc(C(C)(C)C)c3O)c2O)c1O. The largest absolute Gasteiger partial charge is 0.507 e. The summed E-state index contributed by atoms with van der Waals surface area (Å²) in [4.78, 5) is 0. The van der Waals surface area contributed by atoms with Crippen LogP contribution in [0.1, 0.15) is 249 Å². The van der Waals surface area contributed by atoms with Gasteiger partial charge in [-0.25, -0.2) is 0 Å². The summed E-state index contributed by atoms with van der Waals surface area (Å²) in [5.41, 5.74) is 5.67. The van der Waals surface area contributed by atoms with Crippen molar-refractivity contribution in [3.63, 3.8) is 0 Å². The van der Waals surface area contributed by atoms with Crippen LogP contribution in [0.4, 0.5) is 0 Å². The summed E-state index contributed by atoms with van der Waals surface area (Å²) in [6.07, 6.45) is 12.9. The predicted octanol–water partition coefficient (Wildman–Crippen LogP) is 15.9. The van der Waals surface area contributed by atoms with E-state index in [9.17, 15) is 15.3 Å². The summed E-state index contributed by atoms with van der Waals surface area (Å²) in [6.45, 7) is 35.0. The fourth-order valence-corrected chi connectivity index (χ4v) is 13.2. The van der Waals surface area contributed by atoms with E-state index in [0.29, 0.717) is 92.4 Å². The first kappa shape index (κ1) is 56.5. The van der Waals surface area contributed by atoms with E-state index in [4.69, 9.17) is 28.4 Å². The van der Waals surface area contributed by atoms with Gasteiger partial charge in [0.15, 0.2) is 18.9 Å². The molecule has 0 spiro atoms. The van der Waals surface area contributed by atoms with Crippen molar-refractivity contribution in [3.8, 4) is 17.2 Å². The molecule has 0 radical (unpaired) electrons. The summed E-state index contributed by atoms with van der Waals surface area (Å²) < 4.78 is 39.1. The van der Waals surface area contributed by atoms with Crippen LogP contribution < -0.4 is 0 Å². The van der Waals surface area contributed by atoms with E-state index in [1.807, 2.05) is 0 Å². The lowest BCUT2D eigenvalue weighted by molar-refractivity contribution is -0.216. The average molecular weight is 1040 g/mol. The molecular formula is C66H98O9.